The van der Waals surface area contributed by atoms with Crippen molar-refractivity contribution in [2.45, 2.75) is 27.2 Å². The minimum atomic E-state index is 0.749. The molecule has 1 aromatic carbocycles. The maximum atomic E-state index is 5.36. The molecule has 1 heterocycles. The summed E-state index contributed by atoms with van der Waals surface area (Å²) in [6.07, 6.45) is 0.905. The van der Waals surface area contributed by atoms with E-state index >= 15 is 0 Å². The van der Waals surface area contributed by atoms with Crippen molar-refractivity contribution in [3.63, 3.8) is 0 Å². The molecule has 1 N–H and O–H groups in total. The number of hydrogen-bond acceptors (Lipinski definition) is 3. The Morgan fingerprint density at radius 3 is 2.72 bits per heavy atom. The summed E-state index contributed by atoms with van der Waals surface area (Å²) >= 11 is 3.45. The van der Waals surface area contributed by atoms with Crippen LogP contribution in [-0.4, -0.2) is 10.5 Å². The van der Waals surface area contributed by atoms with Gasteiger partial charge in [0, 0.05) is 16.6 Å². The van der Waals surface area contributed by atoms with Crippen molar-refractivity contribution in [3.8, 4) is 0 Å². The third-order valence-electron chi connectivity index (χ3n) is 2.96. The average molecular weight is 309 g/mol. The van der Waals surface area contributed by atoms with Gasteiger partial charge in [0.2, 0.25) is 5.88 Å². The highest BCUT2D eigenvalue weighted by molar-refractivity contribution is 9.09. The van der Waals surface area contributed by atoms with Crippen LogP contribution in [0.5, 0.6) is 0 Å². The Kier molecular flexibility index (Phi) is 4.07. The van der Waals surface area contributed by atoms with Crippen LogP contribution in [0.15, 0.2) is 22.7 Å². The molecule has 2 aromatic rings. The van der Waals surface area contributed by atoms with Gasteiger partial charge in [-0.3, -0.25) is 0 Å². The lowest BCUT2D eigenvalue weighted by Crippen LogP contribution is -1.97. The normalized spacial score (nSPS) is 10.7. The van der Waals surface area contributed by atoms with E-state index in [0.717, 1.165) is 34.6 Å². The Bertz CT molecular complexity index is 549. The summed E-state index contributed by atoms with van der Waals surface area (Å²) in [5, 5.41) is 8.24. The van der Waals surface area contributed by atoms with Crippen molar-refractivity contribution >= 4 is 27.5 Å². The van der Waals surface area contributed by atoms with Crippen molar-refractivity contribution in [2.24, 2.45) is 0 Å². The van der Waals surface area contributed by atoms with E-state index < -0.39 is 0 Å². The largest absolute Gasteiger partial charge is 0.338 e. The average Bonchev–Trinajstić information content (AvgIpc) is 2.66. The van der Waals surface area contributed by atoms with Crippen molar-refractivity contribution < 1.29 is 4.52 Å². The molecule has 0 unspecified atom stereocenters. The first-order valence-corrected chi connectivity index (χ1v) is 7.09. The molecule has 0 bridgehead atoms. The monoisotopic (exact) mass is 308 g/mol. The molecule has 96 valence electrons. The molecular weight excluding hydrogens is 292 g/mol. The molecule has 0 atom stereocenters. The van der Waals surface area contributed by atoms with Gasteiger partial charge in [-0.05, 0) is 38.8 Å². The van der Waals surface area contributed by atoms with Gasteiger partial charge in [0.1, 0.15) is 0 Å². The molecule has 0 aliphatic rings. The zero-order valence-corrected chi connectivity index (χ0v) is 12.5. The second kappa shape index (κ2) is 5.57. The molecule has 3 nitrogen and oxygen atoms in total. The summed E-state index contributed by atoms with van der Waals surface area (Å²) in [6, 6.07) is 6.30. The van der Waals surface area contributed by atoms with Gasteiger partial charge in [-0.25, -0.2) is 0 Å². The summed E-state index contributed by atoms with van der Waals surface area (Å²) in [4.78, 5) is 0. The molecule has 2 rings (SSSR count). The summed E-state index contributed by atoms with van der Waals surface area (Å²) in [5.41, 5.74) is 5.60. The number of rotatable bonds is 4. The first-order chi connectivity index (χ1) is 8.61. The third kappa shape index (κ3) is 2.75. The van der Waals surface area contributed by atoms with Crippen LogP contribution in [0.25, 0.3) is 0 Å². The second-order valence-electron chi connectivity index (χ2n) is 4.46. The van der Waals surface area contributed by atoms with Gasteiger partial charge in [0.25, 0.3) is 0 Å². The second-order valence-corrected chi connectivity index (χ2v) is 5.25. The van der Waals surface area contributed by atoms with E-state index in [4.69, 9.17) is 4.52 Å². The molecule has 0 fully saturated rings. The van der Waals surface area contributed by atoms with Gasteiger partial charge in [0.15, 0.2) is 0 Å². The Morgan fingerprint density at radius 2 is 2.06 bits per heavy atom. The number of benzene rings is 1. The molecule has 0 radical (unpaired) electrons. The zero-order valence-electron chi connectivity index (χ0n) is 10.9. The highest BCUT2D eigenvalue weighted by atomic mass is 79.9. The number of hydrogen-bond donors (Lipinski definition) is 1. The molecule has 1 aromatic heterocycles. The molecule has 4 heteroatoms. The van der Waals surface area contributed by atoms with E-state index in [0.29, 0.717) is 0 Å². The van der Waals surface area contributed by atoms with E-state index in [-0.39, 0.29) is 0 Å². The van der Waals surface area contributed by atoms with Crippen LogP contribution in [-0.2, 0) is 6.42 Å². The van der Waals surface area contributed by atoms with Crippen molar-refractivity contribution in [2.75, 3.05) is 10.6 Å². The number of alkyl halides is 1. The predicted molar refractivity (Wildman–Crippen MR) is 77.9 cm³/mol. The molecule has 0 saturated heterocycles. The first kappa shape index (κ1) is 13.1. The summed E-state index contributed by atoms with van der Waals surface area (Å²) < 4.78 is 5.36. The van der Waals surface area contributed by atoms with Gasteiger partial charge < -0.3 is 9.84 Å². The van der Waals surface area contributed by atoms with Crippen LogP contribution in [0, 0.1) is 20.8 Å². The standard InChI is InChI=1S/C14H17BrN2O/c1-9-4-5-13(10(2)8-9)16-14-12(6-7-15)11(3)17-18-14/h4-5,8,16H,6-7H2,1-3H3. The molecular formula is C14H17BrN2O. The van der Waals surface area contributed by atoms with Gasteiger partial charge in [-0.2, -0.15) is 0 Å². The Morgan fingerprint density at radius 1 is 1.28 bits per heavy atom. The Hall–Kier alpha value is -1.29. The van der Waals surface area contributed by atoms with E-state index in [1.807, 2.05) is 6.92 Å². The Labute approximate surface area is 116 Å². The molecule has 18 heavy (non-hydrogen) atoms. The van der Waals surface area contributed by atoms with Crippen LogP contribution in [0.2, 0.25) is 0 Å². The SMILES string of the molecule is Cc1ccc(Nc2onc(C)c2CCBr)c(C)c1. The maximum absolute atomic E-state index is 5.36. The maximum Gasteiger partial charge on any atom is 0.232 e. The van der Waals surface area contributed by atoms with E-state index in [1.165, 1.54) is 11.1 Å². The molecule has 0 amide bonds. The zero-order chi connectivity index (χ0) is 13.1. The number of aryl methyl sites for hydroxylation is 3. The highest BCUT2D eigenvalue weighted by Gasteiger charge is 2.13. The third-order valence-corrected chi connectivity index (χ3v) is 3.36. The van der Waals surface area contributed by atoms with E-state index in [9.17, 15) is 0 Å². The van der Waals surface area contributed by atoms with Gasteiger partial charge in [-0.1, -0.05) is 38.8 Å². The Balaban J connectivity index is 2.28. The lowest BCUT2D eigenvalue weighted by Gasteiger charge is -2.08. The highest BCUT2D eigenvalue weighted by Crippen LogP contribution is 2.26. The van der Waals surface area contributed by atoms with Gasteiger partial charge in [0.05, 0.1) is 5.69 Å². The van der Waals surface area contributed by atoms with E-state index in [1.54, 1.807) is 0 Å². The van der Waals surface area contributed by atoms with Crippen LogP contribution >= 0.6 is 15.9 Å². The number of aromatic nitrogens is 1. The number of nitrogens with zero attached hydrogens (tertiary/aromatic N) is 1. The molecule has 0 aliphatic heterocycles. The predicted octanol–water partition coefficient (Wildman–Crippen LogP) is 4.28. The first-order valence-electron chi connectivity index (χ1n) is 5.97. The number of nitrogens with one attached hydrogen (secondary N) is 1. The van der Waals surface area contributed by atoms with Crippen LogP contribution in [0.4, 0.5) is 11.6 Å². The molecule has 0 spiro atoms. The minimum absolute atomic E-state index is 0.749. The van der Waals surface area contributed by atoms with Crippen LogP contribution < -0.4 is 5.32 Å². The van der Waals surface area contributed by atoms with Gasteiger partial charge >= 0.3 is 0 Å². The quantitative estimate of drug-likeness (QED) is 0.857. The fourth-order valence-corrected chi connectivity index (χ4v) is 2.35. The van der Waals surface area contributed by atoms with Crippen LogP contribution in [0.1, 0.15) is 22.4 Å². The lowest BCUT2D eigenvalue weighted by atomic mass is 10.1. The lowest BCUT2D eigenvalue weighted by molar-refractivity contribution is 0.429. The fraction of sp³-hybridized carbons (Fsp3) is 0.357. The summed E-state index contributed by atoms with van der Waals surface area (Å²) in [6.45, 7) is 6.14. The smallest absolute Gasteiger partial charge is 0.232 e. The number of anilines is 2. The molecule has 0 aliphatic carbocycles. The molecule has 0 saturated carbocycles. The summed E-state index contributed by atoms with van der Waals surface area (Å²) in [5.74, 6) is 0.749. The van der Waals surface area contributed by atoms with Crippen molar-refractivity contribution in [1.82, 2.24) is 5.16 Å². The van der Waals surface area contributed by atoms with Crippen molar-refractivity contribution in [1.29, 1.82) is 0 Å². The minimum Gasteiger partial charge on any atom is -0.338 e. The summed E-state index contributed by atoms with van der Waals surface area (Å²) in [7, 11) is 0. The fourth-order valence-electron chi connectivity index (χ4n) is 1.95. The topological polar surface area (TPSA) is 38.1 Å². The van der Waals surface area contributed by atoms with Crippen molar-refractivity contribution in [3.05, 3.63) is 40.6 Å². The van der Waals surface area contributed by atoms with Gasteiger partial charge in [-0.15, -0.1) is 0 Å². The number of halogens is 1. The van der Waals surface area contributed by atoms with E-state index in [2.05, 4.69) is 58.4 Å². The van der Waals surface area contributed by atoms with Crippen LogP contribution in [0.3, 0.4) is 0 Å².